The first kappa shape index (κ1) is 23.0. The molecule has 1 aliphatic rings. The van der Waals surface area contributed by atoms with Gasteiger partial charge in [0, 0.05) is 22.7 Å². The van der Waals surface area contributed by atoms with Crippen molar-refractivity contribution in [2.45, 2.75) is 43.6 Å². The highest BCUT2D eigenvalue weighted by molar-refractivity contribution is 7.98. The van der Waals surface area contributed by atoms with E-state index in [9.17, 15) is 18.0 Å². The lowest BCUT2D eigenvalue weighted by Gasteiger charge is -2.09. The molecule has 0 radical (unpaired) electrons. The molecule has 1 amide bonds. The molecule has 4 N–H and O–H groups in total. The number of rotatable bonds is 8. The third kappa shape index (κ3) is 5.77. The second-order valence-corrected chi connectivity index (χ2v) is 11.6. The smallest absolute Gasteiger partial charge is 0.259 e. The van der Waals surface area contributed by atoms with E-state index in [1.165, 1.54) is 28.6 Å². The number of thiophene rings is 1. The minimum absolute atomic E-state index is 0.0615. The van der Waals surface area contributed by atoms with Crippen LogP contribution in [0.25, 0.3) is 10.2 Å². The molecule has 1 aliphatic carbocycles. The van der Waals surface area contributed by atoms with Gasteiger partial charge in [0.25, 0.3) is 5.56 Å². The zero-order valence-electron chi connectivity index (χ0n) is 17.3. The first-order chi connectivity index (χ1) is 15.3. The molecule has 8 nitrogen and oxygen atoms in total. The molecule has 0 atom stereocenters. The number of aromatic nitrogens is 2. The third-order valence-corrected chi connectivity index (χ3v) is 8.08. The van der Waals surface area contributed by atoms with Gasteiger partial charge in [-0.15, -0.1) is 11.3 Å². The number of hydrogen-bond donors (Lipinski definition) is 3. The summed E-state index contributed by atoms with van der Waals surface area (Å²) in [7, 11) is -3.58. The number of anilines is 1. The van der Waals surface area contributed by atoms with Gasteiger partial charge in [-0.1, -0.05) is 12.1 Å². The lowest BCUT2D eigenvalue weighted by Crippen LogP contribution is -2.15. The number of benzene rings is 1. The van der Waals surface area contributed by atoms with Crippen LogP contribution in [0.5, 0.6) is 0 Å². The number of amides is 1. The largest absolute Gasteiger partial charge is 0.326 e. The lowest BCUT2D eigenvalue weighted by molar-refractivity contribution is -0.115. The Balaban J connectivity index is 1.27. The highest BCUT2D eigenvalue weighted by atomic mass is 32.2. The molecule has 3 aromatic rings. The summed E-state index contributed by atoms with van der Waals surface area (Å²) < 4.78 is 22.2. The Morgan fingerprint density at radius 1 is 1.22 bits per heavy atom. The number of sulfonamides is 1. The Hall–Kier alpha value is -2.21. The van der Waals surface area contributed by atoms with Gasteiger partial charge in [0.05, 0.1) is 16.9 Å². The summed E-state index contributed by atoms with van der Waals surface area (Å²) in [4.78, 5) is 34.4. The van der Waals surface area contributed by atoms with Crippen LogP contribution >= 0.6 is 23.1 Å². The molecule has 2 aromatic heterocycles. The number of thioether (sulfide) groups is 1. The second kappa shape index (κ2) is 9.74. The van der Waals surface area contributed by atoms with E-state index in [1.54, 1.807) is 35.6 Å². The Kier molecular flexibility index (Phi) is 6.99. The highest BCUT2D eigenvalue weighted by Crippen LogP contribution is 2.33. The monoisotopic (exact) mass is 492 g/mol. The van der Waals surface area contributed by atoms with Crippen molar-refractivity contribution in [3.63, 3.8) is 0 Å². The van der Waals surface area contributed by atoms with Gasteiger partial charge >= 0.3 is 0 Å². The van der Waals surface area contributed by atoms with Gasteiger partial charge in [-0.25, -0.2) is 18.5 Å². The first-order valence-corrected chi connectivity index (χ1v) is 14.0. The van der Waals surface area contributed by atoms with Crippen molar-refractivity contribution in [1.82, 2.24) is 9.97 Å². The van der Waals surface area contributed by atoms with Gasteiger partial charge in [0.15, 0.2) is 0 Å². The molecule has 0 bridgehead atoms. The summed E-state index contributed by atoms with van der Waals surface area (Å²) >= 11 is 3.17. The van der Waals surface area contributed by atoms with Crippen LogP contribution in [0.1, 0.15) is 41.1 Å². The molecule has 0 saturated heterocycles. The molecule has 2 heterocycles. The van der Waals surface area contributed by atoms with Crippen molar-refractivity contribution in [2.75, 3.05) is 11.1 Å². The van der Waals surface area contributed by atoms with Crippen LogP contribution in [0, 0.1) is 0 Å². The van der Waals surface area contributed by atoms with E-state index in [0.717, 1.165) is 29.5 Å². The highest BCUT2D eigenvalue weighted by Gasteiger charge is 2.19. The average molecular weight is 493 g/mol. The molecule has 0 saturated carbocycles. The van der Waals surface area contributed by atoms with Crippen LogP contribution in [-0.2, 0) is 39.2 Å². The van der Waals surface area contributed by atoms with E-state index in [-0.39, 0.29) is 17.2 Å². The summed E-state index contributed by atoms with van der Waals surface area (Å²) in [5.74, 6) is 1.37. The molecule has 1 aromatic carbocycles. The van der Waals surface area contributed by atoms with E-state index in [4.69, 9.17) is 5.14 Å². The van der Waals surface area contributed by atoms with Crippen molar-refractivity contribution in [1.29, 1.82) is 0 Å². The summed E-state index contributed by atoms with van der Waals surface area (Å²) in [6.45, 7) is 0. The Morgan fingerprint density at radius 3 is 2.72 bits per heavy atom. The fourth-order valence-electron chi connectivity index (χ4n) is 3.75. The number of hydrogen-bond acceptors (Lipinski definition) is 7. The van der Waals surface area contributed by atoms with Crippen molar-refractivity contribution < 1.29 is 13.2 Å². The molecule has 32 heavy (non-hydrogen) atoms. The van der Waals surface area contributed by atoms with Crippen LogP contribution in [0.2, 0.25) is 0 Å². The number of nitrogens with zero attached hydrogens (tertiary/aromatic N) is 1. The Morgan fingerprint density at radius 2 is 1.97 bits per heavy atom. The van der Waals surface area contributed by atoms with Crippen LogP contribution in [0.15, 0.2) is 29.1 Å². The summed E-state index contributed by atoms with van der Waals surface area (Å²) in [5, 5.41) is 8.58. The normalized spacial score (nSPS) is 13.8. The van der Waals surface area contributed by atoms with E-state index < -0.39 is 10.0 Å². The van der Waals surface area contributed by atoms with Crippen LogP contribution < -0.4 is 16.0 Å². The van der Waals surface area contributed by atoms with Gasteiger partial charge in [0.1, 0.15) is 10.7 Å². The van der Waals surface area contributed by atoms with Crippen molar-refractivity contribution in [2.24, 2.45) is 5.14 Å². The van der Waals surface area contributed by atoms with Crippen LogP contribution in [-0.4, -0.2) is 30.0 Å². The SMILES string of the molecule is NS(=O)(=O)Cc1ccc(NC(=O)CCSCc2nc3sc4c(c3c(=O)[nH]2)CCCC4)cc1. The number of nitrogens with one attached hydrogen (secondary N) is 2. The van der Waals surface area contributed by atoms with Gasteiger partial charge in [-0.3, -0.25) is 9.59 Å². The van der Waals surface area contributed by atoms with Gasteiger partial charge < -0.3 is 10.3 Å². The zero-order chi connectivity index (χ0) is 22.7. The van der Waals surface area contributed by atoms with Crippen molar-refractivity contribution in [3.05, 3.63) is 56.4 Å². The maximum Gasteiger partial charge on any atom is 0.259 e. The second-order valence-electron chi connectivity index (χ2n) is 7.76. The molecular weight excluding hydrogens is 468 g/mol. The Bertz CT molecular complexity index is 1300. The number of H-pyrrole nitrogens is 1. The molecule has 0 fully saturated rings. The minimum Gasteiger partial charge on any atom is -0.326 e. The molecule has 170 valence electrons. The zero-order valence-corrected chi connectivity index (χ0v) is 19.8. The number of aryl methyl sites for hydroxylation is 2. The number of nitrogens with two attached hydrogens (primary N) is 1. The van der Waals surface area contributed by atoms with Gasteiger partial charge in [-0.2, -0.15) is 11.8 Å². The quantitative estimate of drug-likeness (QED) is 0.414. The number of fused-ring (bicyclic) bond motifs is 3. The number of carbonyl (C=O) groups excluding carboxylic acids is 1. The predicted molar refractivity (Wildman–Crippen MR) is 130 cm³/mol. The average Bonchev–Trinajstić information content (AvgIpc) is 3.10. The molecule has 4 rings (SSSR count). The van der Waals surface area contributed by atoms with Crippen molar-refractivity contribution >= 4 is 54.9 Å². The molecule has 0 aliphatic heterocycles. The van der Waals surface area contributed by atoms with Gasteiger partial charge in [-0.05, 0) is 48.9 Å². The summed E-state index contributed by atoms with van der Waals surface area (Å²) in [6, 6.07) is 6.54. The molecule has 11 heteroatoms. The van der Waals surface area contributed by atoms with Crippen LogP contribution in [0.3, 0.4) is 0 Å². The molecule has 0 unspecified atom stereocenters. The lowest BCUT2D eigenvalue weighted by atomic mass is 9.97. The van der Waals surface area contributed by atoms with Crippen LogP contribution in [0.4, 0.5) is 5.69 Å². The maximum atomic E-state index is 12.6. The fraction of sp³-hybridized carbons (Fsp3) is 0.381. The Labute approximate surface area is 194 Å². The maximum absolute atomic E-state index is 12.6. The topological polar surface area (TPSA) is 135 Å². The van der Waals surface area contributed by atoms with Crippen molar-refractivity contribution in [3.8, 4) is 0 Å². The molecule has 0 spiro atoms. The third-order valence-electron chi connectivity index (χ3n) is 5.19. The first-order valence-electron chi connectivity index (χ1n) is 10.3. The number of carbonyl (C=O) groups is 1. The fourth-order valence-corrected chi connectivity index (χ4v) is 6.49. The van der Waals surface area contributed by atoms with E-state index in [0.29, 0.717) is 35.0 Å². The summed E-state index contributed by atoms with van der Waals surface area (Å²) in [6.07, 6.45) is 4.59. The predicted octanol–water partition coefficient (Wildman–Crippen LogP) is 2.91. The molecular formula is C21H24N4O4S3. The van der Waals surface area contributed by atoms with E-state index >= 15 is 0 Å². The summed E-state index contributed by atoms with van der Waals surface area (Å²) in [5.41, 5.74) is 2.27. The van der Waals surface area contributed by atoms with E-state index in [2.05, 4.69) is 15.3 Å². The number of aromatic amines is 1. The standard InChI is InChI=1S/C21H24N4O4S3/c22-32(28,29)12-13-5-7-14(8-6-13)23-18(26)9-10-30-11-17-24-20(27)19-15-3-1-2-4-16(15)31-21(19)25-17/h5-8H,1-4,9-12H2,(H,23,26)(H2,22,28,29)(H,24,25,27). The van der Waals surface area contributed by atoms with E-state index in [1.807, 2.05) is 0 Å². The number of primary sulfonamides is 1. The van der Waals surface area contributed by atoms with Gasteiger partial charge in [0.2, 0.25) is 15.9 Å². The minimum atomic E-state index is -3.58.